The summed E-state index contributed by atoms with van der Waals surface area (Å²) in [6.07, 6.45) is 1.29. The SMILES string of the molecule is C[C@@H](NC1CCSC1)c1ccc(Cl)cc1. The van der Waals surface area contributed by atoms with E-state index >= 15 is 0 Å². The fourth-order valence-corrected chi connectivity index (χ4v) is 3.16. The average Bonchev–Trinajstić information content (AvgIpc) is 2.71. The highest BCUT2D eigenvalue weighted by molar-refractivity contribution is 7.99. The molecule has 0 bridgehead atoms. The molecule has 1 aliphatic rings. The third kappa shape index (κ3) is 3.13. The number of nitrogens with one attached hydrogen (secondary N) is 1. The van der Waals surface area contributed by atoms with Crippen LogP contribution in [0.1, 0.15) is 24.9 Å². The van der Waals surface area contributed by atoms with E-state index in [1.165, 1.54) is 23.5 Å². The first-order chi connectivity index (χ1) is 7.25. The fraction of sp³-hybridized carbons (Fsp3) is 0.500. The maximum atomic E-state index is 5.86. The summed E-state index contributed by atoms with van der Waals surface area (Å²) >= 11 is 7.90. The van der Waals surface area contributed by atoms with Crippen LogP contribution in [0.4, 0.5) is 0 Å². The Hall–Kier alpha value is -0.180. The normalized spacial score (nSPS) is 22.9. The molecule has 15 heavy (non-hydrogen) atoms. The van der Waals surface area contributed by atoms with Gasteiger partial charge in [0, 0.05) is 22.9 Å². The molecule has 0 amide bonds. The van der Waals surface area contributed by atoms with Gasteiger partial charge in [0.25, 0.3) is 0 Å². The summed E-state index contributed by atoms with van der Waals surface area (Å²) in [7, 11) is 0. The first-order valence-corrected chi connectivity index (χ1v) is 6.88. The van der Waals surface area contributed by atoms with Crippen molar-refractivity contribution in [2.45, 2.75) is 25.4 Å². The monoisotopic (exact) mass is 241 g/mol. The Balaban J connectivity index is 1.94. The third-order valence-electron chi connectivity index (χ3n) is 2.79. The second kappa shape index (κ2) is 5.24. The van der Waals surface area contributed by atoms with Gasteiger partial charge in [-0.25, -0.2) is 0 Å². The molecule has 2 rings (SSSR count). The zero-order chi connectivity index (χ0) is 10.7. The van der Waals surface area contributed by atoms with Gasteiger partial charge in [-0.15, -0.1) is 0 Å². The van der Waals surface area contributed by atoms with Crippen LogP contribution in [-0.2, 0) is 0 Å². The van der Waals surface area contributed by atoms with Gasteiger partial charge in [-0.3, -0.25) is 0 Å². The molecule has 0 saturated carbocycles. The van der Waals surface area contributed by atoms with Crippen molar-refractivity contribution in [2.24, 2.45) is 0 Å². The number of hydrogen-bond acceptors (Lipinski definition) is 2. The van der Waals surface area contributed by atoms with Crippen LogP contribution >= 0.6 is 23.4 Å². The predicted octanol–water partition coefficient (Wildman–Crippen LogP) is 3.50. The van der Waals surface area contributed by atoms with Crippen molar-refractivity contribution in [2.75, 3.05) is 11.5 Å². The molecule has 0 radical (unpaired) electrons. The van der Waals surface area contributed by atoms with E-state index in [1.54, 1.807) is 0 Å². The summed E-state index contributed by atoms with van der Waals surface area (Å²) in [6, 6.07) is 9.22. The van der Waals surface area contributed by atoms with Crippen LogP contribution in [-0.4, -0.2) is 17.5 Å². The van der Waals surface area contributed by atoms with Gasteiger partial charge in [-0.05, 0) is 36.8 Å². The van der Waals surface area contributed by atoms with E-state index in [1.807, 2.05) is 23.9 Å². The summed E-state index contributed by atoms with van der Waals surface area (Å²) in [4.78, 5) is 0. The van der Waals surface area contributed by atoms with Crippen molar-refractivity contribution >= 4 is 23.4 Å². The van der Waals surface area contributed by atoms with Gasteiger partial charge in [0.05, 0.1) is 0 Å². The maximum Gasteiger partial charge on any atom is 0.0406 e. The van der Waals surface area contributed by atoms with Crippen LogP contribution in [0.3, 0.4) is 0 Å². The van der Waals surface area contributed by atoms with E-state index in [9.17, 15) is 0 Å². The molecule has 3 heteroatoms. The third-order valence-corrected chi connectivity index (χ3v) is 4.20. The maximum absolute atomic E-state index is 5.86. The van der Waals surface area contributed by atoms with E-state index < -0.39 is 0 Å². The zero-order valence-electron chi connectivity index (χ0n) is 8.87. The molecule has 1 aromatic rings. The van der Waals surface area contributed by atoms with Gasteiger partial charge in [-0.2, -0.15) is 11.8 Å². The largest absolute Gasteiger partial charge is 0.307 e. The quantitative estimate of drug-likeness (QED) is 0.870. The molecule has 2 atom stereocenters. The van der Waals surface area contributed by atoms with Gasteiger partial charge in [0.2, 0.25) is 0 Å². The van der Waals surface area contributed by atoms with E-state index in [-0.39, 0.29) is 0 Å². The summed E-state index contributed by atoms with van der Waals surface area (Å²) in [5.41, 5.74) is 1.32. The summed E-state index contributed by atoms with van der Waals surface area (Å²) in [5, 5.41) is 4.46. The van der Waals surface area contributed by atoms with Gasteiger partial charge in [0.1, 0.15) is 0 Å². The molecule has 1 unspecified atom stereocenters. The molecular formula is C12H16ClNS. The Morgan fingerprint density at radius 1 is 1.40 bits per heavy atom. The molecule has 0 aliphatic carbocycles. The Bertz CT molecular complexity index is 306. The zero-order valence-corrected chi connectivity index (χ0v) is 10.4. The Morgan fingerprint density at radius 3 is 2.73 bits per heavy atom. The van der Waals surface area contributed by atoms with Crippen molar-refractivity contribution in [3.63, 3.8) is 0 Å². The van der Waals surface area contributed by atoms with Crippen LogP contribution in [0.15, 0.2) is 24.3 Å². The molecule has 0 spiro atoms. The smallest absolute Gasteiger partial charge is 0.0406 e. The molecule has 1 nitrogen and oxygen atoms in total. The molecular weight excluding hydrogens is 226 g/mol. The number of benzene rings is 1. The van der Waals surface area contributed by atoms with Crippen molar-refractivity contribution in [1.82, 2.24) is 5.32 Å². The van der Waals surface area contributed by atoms with Gasteiger partial charge >= 0.3 is 0 Å². The highest BCUT2D eigenvalue weighted by atomic mass is 35.5. The van der Waals surface area contributed by atoms with Gasteiger partial charge in [0.15, 0.2) is 0 Å². The molecule has 1 aromatic carbocycles. The van der Waals surface area contributed by atoms with Gasteiger partial charge in [-0.1, -0.05) is 23.7 Å². The van der Waals surface area contributed by atoms with Crippen LogP contribution in [0.2, 0.25) is 5.02 Å². The Kier molecular flexibility index (Phi) is 3.95. The molecule has 1 heterocycles. The second-order valence-electron chi connectivity index (χ2n) is 4.00. The van der Waals surface area contributed by atoms with Crippen molar-refractivity contribution in [1.29, 1.82) is 0 Å². The number of thioether (sulfide) groups is 1. The van der Waals surface area contributed by atoms with Gasteiger partial charge < -0.3 is 5.32 Å². The Labute approximate surface area is 101 Å². The molecule has 1 fully saturated rings. The van der Waals surface area contributed by atoms with Crippen molar-refractivity contribution in [3.05, 3.63) is 34.9 Å². The summed E-state index contributed by atoms with van der Waals surface area (Å²) in [6.45, 7) is 2.21. The van der Waals surface area contributed by atoms with Crippen molar-refractivity contribution in [3.8, 4) is 0 Å². The van der Waals surface area contributed by atoms with E-state index in [2.05, 4.69) is 24.4 Å². The standard InChI is InChI=1S/C12H16ClNS/c1-9(14-12-6-7-15-8-12)10-2-4-11(13)5-3-10/h2-5,9,12,14H,6-8H2,1H3/t9-,12?/m1/s1. The van der Waals surface area contributed by atoms with Crippen LogP contribution < -0.4 is 5.32 Å². The minimum Gasteiger partial charge on any atom is -0.307 e. The second-order valence-corrected chi connectivity index (χ2v) is 5.59. The van der Waals surface area contributed by atoms with Crippen molar-refractivity contribution < 1.29 is 0 Å². The van der Waals surface area contributed by atoms with Crippen LogP contribution in [0, 0.1) is 0 Å². The first kappa shape index (κ1) is 11.3. The van der Waals surface area contributed by atoms with E-state index in [4.69, 9.17) is 11.6 Å². The number of rotatable bonds is 3. The highest BCUT2D eigenvalue weighted by Gasteiger charge is 2.17. The average molecular weight is 242 g/mol. The highest BCUT2D eigenvalue weighted by Crippen LogP contribution is 2.22. The molecule has 1 saturated heterocycles. The minimum absolute atomic E-state index is 0.422. The Morgan fingerprint density at radius 2 is 2.13 bits per heavy atom. The topological polar surface area (TPSA) is 12.0 Å². The van der Waals surface area contributed by atoms with Crippen LogP contribution in [0.5, 0.6) is 0 Å². The first-order valence-electron chi connectivity index (χ1n) is 5.35. The number of hydrogen-bond donors (Lipinski definition) is 1. The molecule has 82 valence electrons. The van der Waals surface area contributed by atoms with Crippen LogP contribution in [0.25, 0.3) is 0 Å². The number of halogens is 1. The lowest BCUT2D eigenvalue weighted by Gasteiger charge is -2.19. The fourth-order valence-electron chi connectivity index (χ4n) is 1.87. The molecule has 1 aliphatic heterocycles. The lowest BCUT2D eigenvalue weighted by atomic mass is 10.1. The lowest BCUT2D eigenvalue weighted by molar-refractivity contribution is 0.486. The van der Waals surface area contributed by atoms with E-state index in [0.29, 0.717) is 12.1 Å². The summed E-state index contributed by atoms with van der Waals surface area (Å²) in [5.74, 6) is 2.54. The molecule has 0 aromatic heterocycles. The lowest BCUT2D eigenvalue weighted by Crippen LogP contribution is -2.31. The van der Waals surface area contributed by atoms with E-state index in [0.717, 1.165) is 5.02 Å². The molecule has 1 N–H and O–H groups in total. The summed E-state index contributed by atoms with van der Waals surface area (Å²) < 4.78 is 0. The predicted molar refractivity (Wildman–Crippen MR) is 68.7 cm³/mol. The minimum atomic E-state index is 0.422.